The second-order valence-electron chi connectivity index (χ2n) is 1.88. The number of hydrogen-bond donors (Lipinski definition) is 0. The maximum Gasteiger partial charge on any atom is 0.427 e. The Kier molecular flexibility index (Phi) is 2.24. The standard InChI is InChI=1S/C5H3BrF3NS/c1-2-3(5(7,8)9)11-4(6)10-2/h1H3. The first kappa shape index (κ1) is 8.99. The smallest absolute Gasteiger partial charge is 0.234 e. The van der Waals surface area contributed by atoms with Gasteiger partial charge in [0.15, 0.2) is 3.92 Å². The van der Waals surface area contributed by atoms with Gasteiger partial charge < -0.3 is 0 Å². The molecule has 62 valence electrons. The lowest BCUT2D eigenvalue weighted by molar-refractivity contribution is -0.134. The molecule has 1 aromatic heterocycles. The van der Waals surface area contributed by atoms with Crippen molar-refractivity contribution in [2.75, 3.05) is 0 Å². The quantitative estimate of drug-likeness (QED) is 0.684. The molecule has 11 heavy (non-hydrogen) atoms. The van der Waals surface area contributed by atoms with E-state index in [4.69, 9.17) is 0 Å². The molecule has 0 aromatic carbocycles. The molecule has 0 aliphatic heterocycles. The Balaban J connectivity index is 3.13. The second kappa shape index (κ2) is 2.75. The van der Waals surface area contributed by atoms with Crippen molar-refractivity contribution in [2.24, 2.45) is 0 Å². The number of aryl methyl sites for hydroxylation is 1. The SMILES string of the molecule is Cc1nc(Br)sc1C(F)(F)F. The molecule has 0 aliphatic carbocycles. The van der Waals surface area contributed by atoms with Crippen molar-refractivity contribution in [3.05, 3.63) is 14.5 Å². The molecule has 1 aromatic rings. The molecule has 0 amide bonds. The van der Waals surface area contributed by atoms with E-state index in [0.717, 1.165) is 0 Å². The van der Waals surface area contributed by atoms with Crippen molar-refractivity contribution in [1.82, 2.24) is 4.98 Å². The summed E-state index contributed by atoms with van der Waals surface area (Å²) in [6, 6.07) is 0. The highest BCUT2D eigenvalue weighted by atomic mass is 79.9. The fourth-order valence-electron chi connectivity index (χ4n) is 0.627. The van der Waals surface area contributed by atoms with Crippen molar-refractivity contribution in [2.45, 2.75) is 13.1 Å². The van der Waals surface area contributed by atoms with Crippen molar-refractivity contribution in [1.29, 1.82) is 0 Å². The van der Waals surface area contributed by atoms with Crippen LogP contribution in [0.4, 0.5) is 13.2 Å². The molecule has 0 bridgehead atoms. The molecule has 0 radical (unpaired) electrons. The number of alkyl halides is 3. The maximum absolute atomic E-state index is 12.0. The topological polar surface area (TPSA) is 12.9 Å². The van der Waals surface area contributed by atoms with Crippen molar-refractivity contribution in [3.8, 4) is 0 Å². The number of rotatable bonds is 0. The Morgan fingerprint density at radius 2 is 2.00 bits per heavy atom. The van der Waals surface area contributed by atoms with Crippen LogP contribution in [0.5, 0.6) is 0 Å². The number of aromatic nitrogens is 1. The van der Waals surface area contributed by atoms with E-state index < -0.39 is 11.1 Å². The third-order valence-corrected chi connectivity index (χ3v) is 2.68. The highest BCUT2D eigenvalue weighted by Crippen LogP contribution is 2.37. The Morgan fingerprint density at radius 3 is 2.18 bits per heavy atom. The van der Waals surface area contributed by atoms with Crippen LogP contribution in [0.2, 0.25) is 0 Å². The van der Waals surface area contributed by atoms with Crippen LogP contribution >= 0.6 is 27.3 Å². The Morgan fingerprint density at radius 1 is 1.45 bits per heavy atom. The number of halogens is 4. The maximum atomic E-state index is 12.0. The van der Waals surface area contributed by atoms with Crippen molar-refractivity contribution < 1.29 is 13.2 Å². The molecule has 0 spiro atoms. The van der Waals surface area contributed by atoms with Crippen LogP contribution in [-0.2, 0) is 6.18 Å². The zero-order chi connectivity index (χ0) is 8.65. The van der Waals surface area contributed by atoms with Crippen LogP contribution in [0.1, 0.15) is 10.6 Å². The van der Waals surface area contributed by atoms with E-state index in [-0.39, 0.29) is 9.61 Å². The summed E-state index contributed by atoms with van der Waals surface area (Å²) in [4.78, 5) is 2.96. The second-order valence-corrected chi connectivity index (χ2v) is 4.15. The molecule has 1 rings (SSSR count). The van der Waals surface area contributed by atoms with Crippen LogP contribution in [0.25, 0.3) is 0 Å². The summed E-state index contributed by atoms with van der Waals surface area (Å²) in [5.74, 6) is 0. The summed E-state index contributed by atoms with van der Waals surface area (Å²) < 4.78 is 36.3. The first-order chi connectivity index (χ1) is 4.91. The fraction of sp³-hybridized carbons (Fsp3) is 0.400. The van der Waals surface area contributed by atoms with Crippen LogP contribution in [-0.4, -0.2) is 4.98 Å². The highest BCUT2D eigenvalue weighted by Gasteiger charge is 2.35. The van der Waals surface area contributed by atoms with E-state index in [1.165, 1.54) is 6.92 Å². The summed E-state index contributed by atoms with van der Waals surface area (Å²) in [6.07, 6.45) is -4.27. The molecule has 6 heteroatoms. The first-order valence-electron chi connectivity index (χ1n) is 2.61. The van der Waals surface area contributed by atoms with Gasteiger partial charge in [-0.1, -0.05) is 0 Å². The van der Waals surface area contributed by atoms with Gasteiger partial charge in [0.05, 0.1) is 5.69 Å². The molecule has 0 aliphatic rings. The third kappa shape index (κ3) is 1.93. The van der Waals surface area contributed by atoms with Gasteiger partial charge in [0.1, 0.15) is 4.88 Å². The van der Waals surface area contributed by atoms with Gasteiger partial charge in [-0.25, -0.2) is 4.98 Å². The molecule has 0 saturated carbocycles. The monoisotopic (exact) mass is 245 g/mol. The minimum Gasteiger partial charge on any atom is -0.234 e. The molecule has 0 unspecified atom stereocenters. The normalized spacial score (nSPS) is 12.1. The van der Waals surface area contributed by atoms with E-state index >= 15 is 0 Å². The van der Waals surface area contributed by atoms with Gasteiger partial charge >= 0.3 is 6.18 Å². The number of nitrogens with zero attached hydrogens (tertiary/aromatic N) is 1. The van der Waals surface area contributed by atoms with Crippen LogP contribution in [0, 0.1) is 6.92 Å². The lowest BCUT2D eigenvalue weighted by Crippen LogP contribution is -2.03. The summed E-state index contributed by atoms with van der Waals surface area (Å²) in [6.45, 7) is 1.34. The molecule has 0 fully saturated rings. The van der Waals surface area contributed by atoms with Crippen LogP contribution < -0.4 is 0 Å². The lowest BCUT2D eigenvalue weighted by Gasteiger charge is -2.01. The van der Waals surface area contributed by atoms with E-state index in [2.05, 4.69) is 20.9 Å². The average Bonchev–Trinajstić information content (AvgIpc) is 2.08. The van der Waals surface area contributed by atoms with E-state index in [1.807, 2.05) is 0 Å². The number of hydrogen-bond acceptors (Lipinski definition) is 2. The minimum atomic E-state index is -4.27. The summed E-state index contributed by atoms with van der Waals surface area (Å²) in [7, 11) is 0. The number of thiazole rings is 1. The van der Waals surface area contributed by atoms with E-state index in [9.17, 15) is 13.2 Å². The van der Waals surface area contributed by atoms with Gasteiger partial charge in [0.25, 0.3) is 0 Å². The Hall–Kier alpha value is -0.100. The van der Waals surface area contributed by atoms with Gasteiger partial charge in [-0.3, -0.25) is 0 Å². The van der Waals surface area contributed by atoms with Gasteiger partial charge in [-0.2, -0.15) is 13.2 Å². The largest absolute Gasteiger partial charge is 0.427 e. The summed E-state index contributed by atoms with van der Waals surface area (Å²) in [5, 5.41) is 0. The van der Waals surface area contributed by atoms with Crippen molar-refractivity contribution >= 4 is 27.3 Å². The minimum absolute atomic E-state index is 0.0226. The predicted molar refractivity (Wildman–Crippen MR) is 39.6 cm³/mol. The molecule has 1 heterocycles. The first-order valence-corrected chi connectivity index (χ1v) is 4.22. The average molecular weight is 246 g/mol. The molecule has 0 saturated heterocycles. The van der Waals surface area contributed by atoms with Gasteiger partial charge in [0, 0.05) is 0 Å². The Labute approximate surface area is 73.4 Å². The van der Waals surface area contributed by atoms with Crippen LogP contribution in [0.3, 0.4) is 0 Å². The predicted octanol–water partition coefficient (Wildman–Crippen LogP) is 3.23. The van der Waals surface area contributed by atoms with E-state index in [0.29, 0.717) is 11.3 Å². The zero-order valence-corrected chi connectivity index (χ0v) is 7.77. The van der Waals surface area contributed by atoms with Gasteiger partial charge in [-0.15, -0.1) is 11.3 Å². The molecule has 1 nitrogen and oxygen atoms in total. The molecular formula is C5H3BrF3NS. The van der Waals surface area contributed by atoms with Gasteiger partial charge in [-0.05, 0) is 22.9 Å². The summed E-state index contributed by atoms with van der Waals surface area (Å²) >= 11 is 3.48. The molecule has 0 atom stereocenters. The van der Waals surface area contributed by atoms with Crippen molar-refractivity contribution in [3.63, 3.8) is 0 Å². The lowest BCUT2D eigenvalue weighted by atomic mass is 10.4. The van der Waals surface area contributed by atoms with Gasteiger partial charge in [0.2, 0.25) is 0 Å². The Bertz CT molecular complexity index is 267. The zero-order valence-electron chi connectivity index (χ0n) is 5.37. The van der Waals surface area contributed by atoms with E-state index in [1.54, 1.807) is 0 Å². The van der Waals surface area contributed by atoms with Crippen LogP contribution in [0.15, 0.2) is 3.92 Å². The molecular weight excluding hydrogens is 243 g/mol. The third-order valence-electron chi connectivity index (χ3n) is 1.03. The summed E-state index contributed by atoms with van der Waals surface area (Å²) in [5.41, 5.74) is 0.0226. The molecule has 0 N–H and O–H groups in total. The highest BCUT2D eigenvalue weighted by molar-refractivity contribution is 9.11. The fourth-order valence-corrected chi connectivity index (χ4v) is 2.04.